The number of amides is 1. The summed E-state index contributed by atoms with van der Waals surface area (Å²) in [6, 6.07) is -0.898. The van der Waals surface area contributed by atoms with Crippen molar-refractivity contribution in [1.82, 2.24) is 5.32 Å². The second-order valence-electron chi connectivity index (χ2n) is 17.8. The van der Waals surface area contributed by atoms with E-state index in [1.54, 1.807) is 6.08 Å². The molecule has 0 bridgehead atoms. The lowest BCUT2D eigenvalue weighted by Gasteiger charge is -2.25. The first-order chi connectivity index (χ1) is 30.0. The zero-order valence-electron chi connectivity index (χ0n) is 40.6. The van der Waals surface area contributed by atoms with Gasteiger partial charge in [-0.3, -0.25) is 13.8 Å². The number of phosphoric ester groups is 1. The summed E-state index contributed by atoms with van der Waals surface area (Å²) in [6.45, 7) is 4.63. The van der Waals surface area contributed by atoms with E-state index < -0.39 is 20.0 Å². The molecule has 0 aromatic carbocycles. The lowest BCUT2D eigenvalue weighted by atomic mass is 10.0. The monoisotopic (exact) mass is 888 g/mol. The average Bonchev–Trinajstić information content (AvgIpc) is 3.23. The van der Waals surface area contributed by atoms with Gasteiger partial charge in [0.05, 0.1) is 39.9 Å². The van der Waals surface area contributed by atoms with E-state index >= 15 is 0 Å². The van der Waals surface area contributed by atoms with E-state index in [4.69, 9.17) is 9.05 Å². The molecule has 0 aliphatic rings. The van der Waals surface area contributed by atoms with E-state index in [0.29, 0.717) is 17.4 Å². The van der Waals surface area contributed by atoms with Gasteiger partial charge in [0.25, 0.3) is 0 Å². The molecule has 0 saturated heterocycles. The molecule has 0 radical (unpaired) electrons. The van der Waals surface area contributed by atoms with Crippen molar-refractivity contribution in [3.63, 3.8) is 0 Å². The van der Waals surface area contributed by atoms with E-state index in [1.807, 2.05) is 27.2 Å². The standard InChI is InChI=1S/C53H95N2O6P/c1-6-8-10-12-14-16-18-20-22-24-25-26-27-28-29-31-32-34-36-38-40-42-44-46-52(56)51(50-61-62(58,59)60-49-48-55(3,4)5)54-53(57)47-45-43-41-39-37-35-33-30-23-21-19-17-15-13-11-9-7-2/h9,11,15,17,21,23,33,35-36,38-39,41,44,46,51-52,56H,6-8,10,12-14,16,18-20,22,24-32,34,37,40,42-43,45,47-50H2,1-5H3,(H-,54,57,58,59)/p+1/b11-9-,17-15-,23-21-,35-33-,38-36+,41-39-,46-44+. The van der Waals surface area contributed by atoms with Crippen molar-refractivity contribution in [3.8, 4) is 0 Å². The predicted molar refractivity (Wildman–Crippen MR) is 267 cm³/mol. The summed E-state index contributed by atoms with van der Waals surface area (Å²) in [5, 5.41) is 13.8. The van der Waals surface area contributed by atoms with Crippen LogP contribution in [0.3, 0.4) is 0 Å². The molecule has 1 amide bonds. The first kappa shape index (κ1) is 59.7. The summed E-state index contributed by atoms with van der Waals surface area (Å²) >= 11 is 0. The van der Waals surface area contributed by atoms with Crippen LogP contribution in [0.25, 0.3) is 0 Å². The Balaban J connectivity index is 4.46. The molecule has 3 atom stereocenters. The number of carbonyl (C=O) groups is 1. The topological polar surface area (TPSA) is 105 Å². The molecule has 3 N–H and O–H groups in total. The van der Waals surface area contributed by atoms with Gasteiger partial charge in [0.1, 0.15) is 13.2 Å². The molecule has 0 aromatic rings. The third-order valence-electron chi connectivity index (χ3n) is 10.6. The number of aliphatic hydroxyl groups is 1. The molecular weight excluding hydrogens is 792 g/mol. The van der Waals surface area contributed by atoms with Crippen LogP contribution in [0, 0.1) is 0 Å². The molecule has 0 rings (SSSR count). The highest BCUT2D eigenvalue weighted by Gasteiger charge is 2.27. The molecule has 0 fully saturated rings. The summed E-state index contributed by atoms with van der Waals surface area (Å²) in [7, 11) is 1.51. The van der Waals surface area contributed by atoms with Crippen molar-refractivity contribution in [3.05, 3.63) is 85.1 Å². The largest absolute Gasteiger partial charge is 0.472 e. The lowest BCUT2D eigenvalue weighted by molar-refractivity contribution is -0.870. The van der Waals surface area contributed by atoms with Gasteiger partial charge in [0, 0.05) is 6.42 Å². The number of aliphatic hydroxyl groups excluding tert-OH is 1. The number of unbranched alkanes of at least 4 members (excludes halogenated alkanes) is 19. The fourth-order valence-corrected chi connectivity index (χ4v) is 7.42. The smallest absolute Gasteiger partial charge is 0.387 e. The van der Waals surface area contributed by atoms with E-state index in [0.717, 1.165) is 57.8 Å². The molecule has 0 aromatic heterocycles. The first-order valence-electron chi connectivity index (χ1n) is 25.0. The first-order valence-corrected chi connectivity index (χ1v) is 26.5. The molecule has 0 heterocycles. The van der Waals surface area contributed by atoms with Crippen LogP contribution in [-0.2, 0) is 18.4 Å². The quantitative estimate of drug-likeness (QED) is 0.0244. The van der Waals surface area contributed by atoms with Crippen LogP contribution in [0.15, 0.2) is 85.1 Å². The van der Waals surface area contributed by atoms with Crippen LogP contribution >= 0.6 is 7.82 Å². The van der Waals surface area contributed by atoms with E-state index in [9.17, 15) is 19.4 Å². The zero-order chi connectivity index (χ0) is 45.7. The van der Waals surface area contributed by atoms with Gasteiger partial charge in [-0.05, 0) is 70.6 Å². The molecule has 3 unspecified atom stereocenters. The van der Waals surface area contributed by atoms with Crippen molar-refractivity contribution in [1.29, 1.82) is 0 Å². The molecule has 0 aliphatic heterocycles. The van der Waals surface area contributed by atoms with Crippen LogP contribution < -0.4 is 5.32 Å². The van der Waals surface area contributed by atoms with E-state index in [2.05, 4.69) is 92.1 Å². The molecular formula is C53H96N2O6P+. The average molecular weight is 888 g/mol. The fourth-order valence-electron chi connectivity index (χ4n) is 6.68. The van der Waals surface area contributed by atoms with Gasteiger partial charge in [-0.2, -0.15) is 0 Å². The molecule has 0 spiro atoms. The predicted octanol–water partition coefficient (Wildman–Crippen LogP) is 14.5. The Hall–Kier alpha value is -2.32. The Morgan fingerprint density at radius 2 is 0.984 bits per heavy atom. The number of nitrogens with zero attached hydrogens (tertiary/aromatic N) is 1. The van der Waals surface area contributed by atoms with Crippen LogP contribution in [0.5, 0.6) is 0 Å². The number of allylic oxidation sites excluding steroid dienone is 13. The Morgan fingerprint density at radius 1 is 0.565 bits per heavy atom. The Bertz CT molecular complexity index is 1280. The summed E-state index contributed by atoms with van der Waals surface area (Å²) in [4.78, 5) is 23.2. The number of phosphoric acid groups is 1. The second kappa shape index (κ2) is 43.9. The third kappa shape index (κ3) is 45.7. The highest BCUT2D eigenvalue weighted by molar-refractivity contribution is 7.47. The molecule has 358 valence electrons. The maximum absolute atomic E-state index is 12.9. The summed E-state index contributed by atoms with van der Waals surface area (Å²) in [5.74, 6) is -0.246. The van der Waals surface area contributed by atoms with Crippen LogP contribution in [0.1, 0.15) is 194 Å². The molecule has 8 nitrogen and oxygen atoms in total. The van der Waals surface area contributed by atoms with Gasteiger partial charge in [-0.15, -0.1) is 0 Å². The maximum atomic E-state index is 12.9. The third-order valence-corrected chi connectivity index (χ3v) is 11.6. The van der Waals surface area contributed by atoms with Gasteiger partial charge >= 0.3 is 7.82 Å². The Morgan fingerprint density at radius 3 is 1.48 bits per heavy atom. The van der Waals surface area contributed by atoms with E-state index in [1.165, 1.54) is 109 Å². The molecule has 9 heteroatoms. The second-order valence-corrected chi connectivity index (χ2v) is 19.3. The highest BCUT2D eigenvalue weighted by atomic mass is 31.2. The van der Waals surface area contributed by atoms with Crippen molar-refractivity contribution in [2.45, 2.75) is 206 Å². The fraction of sp³-hybridized carbons (Fsp3) is 0.717. The summed E-state index contributed by atoms with van der Waals surface area (Å²) in [5.41, 5.74) is 0. The van der Waals surface area contributed by atoms with Crippen molar-refractivity contribution in [2.24, 2.45) is 0 Å². The number of hydrogen-bond donors (Lipinski definition) is 3. The zero-order valence-corrected chi connectivity index (χ0v) is 41.5. The Labute approximate surface area is 382 Å². The number of carbonyl (C=O) groups excluding carboxylic acids is 1. The minimum Gasteiger partial charge on any atom is -0.387 e. The Kier molecular flexibility index (Phi) is 42.3. The number of rotatable bonds is 44. The molecule has 62 heavy (non-hydrogen) atoms. The lowest BCUT2D eigenvalue weighted by Crippen LogP contribution is -2.45. The van der Waals surface area contributed by atoms with Crippen LogP contribution in [0.4, 0.5) is 0 Å². The summed E-state index contributed by atoms with van der Waals surface area (Å²) in [6.07, 6.45) is 61.1. The van der Waals surface area contributed by atoms with E-state index in [-0.39, 0.29) is 25.5 Å². The molecule has 0 aliphatic carbocycles. The van der Waals surface area contributed by atoms with Gasteiger partial charge in [0.15, 0.2) is 0 Å². The summed E-state index contributed by atoms with van der Waals surface area (Å²) < 4.78 is 23.6. The van der Waals surface area contributed by atoms with Crippen LogP contribution in [0.2, 0.25) is 0 Å². The minimum atomic E-state index is -4.37. The number of quaternary nitrogens is 1. The van der Waals surface area contributed by atoms with Crippen LogP contribution in [-0.4, -0.2) is 73.4 Å². The van der Waals surface area contributed by atoms with Crippen molar-refractivity contribution >= 4 is 13.7 Å². The molecule has 0 saturated carbocycles. The number of nitrogens with one attached hydrogen (secondary N) is 1. The SMILES string of the molecule is CC/C=C\C/C=C\C/C=C\C/C=C\C/C=C\CCCC(=O)NC(COP(=O)(O)OCC[N+](C)(C)C)C(O)/C=C/CC/C=C/CCCCCCCCCCCCCCCCCCC. The van der Waals surface area contributed by atoms with Gasteiger partial charge in [-0.25, -0.2) is 4.57 Å². The number of likely N-dealkylation sites (N-methyl/N-ethyl adjacent to an activating group) is 1. The van der Waals surface area contributed by atoms with Crippen molar-refractivity contribution in [2.75, 3.05) is 40.9 Å². The highest BCUT2D eigenvalue weighted by Crippen LogP contribution is 2.43. The normalized spacial score (nSPS) is 14.9. The van der Waals surface area contributed by atoms with Gasteiger partial charge in [0.2, 0.25) is 5.91 Å². The van der Waals surface area contributed by atoms with Crippen molar-refractivity contribution < 1.29 is 32.9 Å². The minimum absolute atomic E-state index is 0.0413. The van der Waals surface area contributed by atoms with Gasteiger partial charge in [-0.1, -0.05) is 202 Å². The number of hydrogen-bond acceptors (Lipinski definition) is 5. The van der Waals surface area contributed by atoms with Gasteiger partial charge < -0.3 is 19.8 Å². The maximum Gasteiger partial charge on any atom is 0.472 e.